The van der Waals surface area contributed by atoms with Crippen LogP contribution in [0, 0.1) is 0 Å². The van der Waals surface area contributed by atoms with Crippen LogP contribution in [0.5, 0.6) is 11.5 Å². The maximum atomic E-state index is 6.43. The standard InChI is InChI=1S/C23H24ClNO2/c1-16(19-5-4-6-21(14-19)27-3)25-15-17-7-12-23(24)22(13-17)18-8-10-20(26-2)11-9-18/h4-14,16,25H,15H2,1-3H3/t16-/m1/s1. The average molecular weight is 382 g/mol. The van der Waals surface area contributed by atoms with E-state index in [4.69, 9.17) is 21.1 Å². The fourth-order valence-electron chi connectivity index (χ4n) is 2.97. The van der Waals surface area contributed by atoms with Gasteiger partial charge in [-0.2, -0.15) is 0 Å². The van der Waals surface area contributed by atoms with E-state index in [1.807, 2.05) is 42.5 Å². The molecule has 1 atom stereocenters. The zero-order valence-corrected chi connectivity index (χ0v) is 16.6. The summed E-state index contributed by atoms with van der Waals surface area (Å²) in [4.78, 5) is 0. The van der Waals surface area contributed by atoms with Gasteiger partial charge in [0, 0.05) is 23.2 Å². The van der Waals surface area contributed by atoms with Crippen molar-refractivity contribution in [3.8, 4) is 22.6 Å². The van der Waals surface area contributed by atoms with Gasteiger partial charge in [-0.25, -0.2) is 0 Å². The third-order valence-corrected chi connectivity index (χ3v) is 4.97. The summed E-state index contributed by atoms with van der Waals surface area (Å²) in [6.45, 7) is 2.90. The van der Waals surface area contributed by atoms with Gasteiger partial charge in [-0.1, -0.05) is 41.9 Å². The van der Waals surface area contributed by atoms with Gasteiger partial charge in [0.25, 0.3) is 0 Å². The quantitative estimate of drug-likeness (QED) is 0.554. The first-order valence-corrected chi connectivity index (χ1v) is 9.28. The summed E-state index contributed by atoms with van der Waals surface area (Å²) in [6, 6.07) is 22.4. The minimum absolute atomic E-state index is 0.209. The van der Waals surface area contributed by atoms with Crippen molar-refractivity contribution in [1.29, 1.82) is 0 Å². The maximum Gasteiger partial charge on any atom is 0.119 e. The summed E-state index contributed by atoms with van der Waals surface area (Å²) < 4.78 is 10.5. The first kappa shape index (κ1) is 19.3. The molecule has 3 nitrogen and oxygen atoms in total. The lowest BCUT2D eigenvalue weighted by atomic mass is 10.0. The van der Waals surface area contributed by atoms with Gasteiger partial charge in [-0.3, -0.25) is 0 Å². The minimum Gasteiger partial charge on any atom is -0.497 e. The Balaban J connectivity index is 1.73. The van der Waals surface area contributed by atoms with Gasteiger partial charge >= 0.3 is 0 Å². The Morgan fingerprint density at radius 3 is 2.33 bits per heavy atom. The average Bonchev–Trinajstić information content (AvgIpc) is 2.73. The number of rotatable bonds is 7. The van der Waals surface area contributed by atoms with Crippen LogP contribution in [0.25, 0.3) is 11.1 Å². The topological polar surface area (TPSA) is 30.5 Å². The summed E-state index contributed by atoms with van der Waals surface area (Å²) in [5.74, 6) is 1.70. The number of nitrogens with one attached hydrogen (secondary N) is 1. The summed E-state index contributed by atoms with van der Waals surface area (Å²) in [5.41, 5.74) is 4.47. The first-order valence-electron chi connectivity index (χ1n) is 8.91. The Morgan fingerprint density at radius 1 is 0.889 bits per heavy atom. The Hall–Kier alpha value is -2.49. The molecular weight excluding hydrogens is 358 g/mol. The molecule has 0 spiro atoms. The lowest BCUT2D eigenvalue weighted by Gasteiger charge is -2.16. The highest BCUT2D eigenvalue weighted by Gasteiger charge is 2.09. The van der Waals surface area contributed by atoms with Crippen LogP contribution in [0.3, 0.4) is 0 Å². The molecule has 27 heavy (non-hydrogen) atoms. The van der Waals surface area contributed by atoms with E-state index in [2.05, 4.69) is 36.5 Å². The normalized spacial score (nSPS) is 11.9. The van der Waals surface area contributed by atoms with Crippen molar-refractivity contribution in [2.45, 2.75) is 19.5 Å². The molecule has 0 aromatic heterocycles. The SMILES string of the molecule is COc1ccc(-c2cc(CN[C@H](C)c3cccc(OC)c3)ccc2Cl)cc1. The lowest BCUT2D eigenvalue weighted by Crippen LogP contribution is -2.18. The molecule has 4 heteroatoms. The molecule has 0 aliphatic carbocycles. The number of ether oxygens (including phenoxy) is 2. The number of hydrogen-bond acceptors (Lipinski definition) is 3. The molecule has 0 saturated heterocycles. The van der Waals surface area contributed by atoms with Crippen LogP contribution in [-0.4, -0.2) is 14.2 Å². The van der Waals surface area contributed by atoms with E-state index in [9.17, 15) is 0 Å². The number of benzene rings is 3. The van der Waals surface area contributed by atoms with Gasteiger partial charge in [0.05, 0.1) is 14.2 Å². The molecule has 0 fully saturated rings. The molecule has 0 heterocycles. The zero-order valence-electron chi connectivity index (χ0n) is 15.8. The molecular formula is C23H24ClNO2. The van der Waals surface area contributed by atoms with E-state index in [0.717, 1.165) is 34.2 Å². The van der Waals surface area contributed by atoms with Crippen LogP contribution in [-0.2, 0) is 6.54 Å². The Kier molecular flexibility index (Phi) is 6.38. The molecule has 0 unspecified atom stereocenters. The summed E-state index contributed by atoms with van der Waals surface area (Å²) in [5, 5.41) is 4.30. The van der Waals surface area contributed by atoms with E-state index in [-0.39, 0.29) is 6.04 Å². The fraction of sp³-hybridized carbons (Fsp3) is 0.217. The summed E-state index contributed by atoms with van der Waals surface area (Å²) in [7, 11) is 3.35. The van der Waals surface area contributed by atoms with Crippen LogP contribution in [0.2, 0.25) is 5.02 Å². The predicted octanol–water partition coefficient (Wildman–Crippen LogP) is 5.88. The van der Waals surface area contributed by atoms with Gasteiger partial charge in [0.2, 0.25) is 0 Å². The molecule has 0 aliphatic rings. The van der Waals surface area contributed by atoms with Crippen LogP contribution in [0.4, 0.5) is 0 Å². The second kappa shape index (κ2) is 8.94. The molecule has 1 N–H and O–H groups in total. The van der Waals surface area contributed by atoms with Gasteiger partial charge in [0.1, 0.15) is 11.5 Å². The highest BCUT2D eigenvalue weighted by Crippen LogP contribution is 2.30. The van der Waals surface area contributed by atoms with E-state index in [1.165, 1.54) is 11.1 Å². The van der Waals surface area contributed by atoms with Gasteiger partial charge in [-0.05, 0) is 60.0 Å². The van der Waals surface area contributed by atoms with Gasteiger partial charge in [0.15, 0.2) is 0 Å². The van der Waals surface area contributed by atoms with Crippen molar-refractivity contribution >= 4 is 11.6 Å². The molecule has 0 radical (unpaired) electrons. The van der Waals surface area contributed by atoms with Crippen molar-refractivity contribution in [2.24, 2.45) is 0 Å². The van der Waals surface area contributed by atoms with Gasteiger partial charge < -0.3 is 14.8 Å². The van der Waals surface area contributed by atoms with Crippen molar-refractivity contribution in [3.05, 3.63) is 82.9 Å². The van der Waals surface area contributed by atoms with Crippen molar-refractivity contribution in [3.63, 3.8) is 0 Å². The largest absolute Gasteiger partial charge is 0.497 e. The molecule has 140 valence electrons. The summed E-state index contributed by atoms with van der Waals surface area (Å²) >= 11 is 6.43. The molecule has 0 aliphatic heterocycles. The first-order chi connectivity index (χ1) is 13.1. The lowest BCUT2D eigenvalue weighted by molar-refractivity contribution is 0.413. The Labute approximate surface area is 165 Å². The Bertz CT molecular complexity index is 893. The molecule has 0 saturated carbocycles. The predicted molar refractivity (Wildman–Crippen MR) is 112 cm³/mol. The third-order valence-electron chi connectivity index (χ3n) is 4.64. The van der Waals surface area contributed by atoms with Gasteiger partial charge in [-0.15, -0.1) is 0 Å². The van der Waals surface area contributed by atoms with Crippen LogP contribution in [0.15, 0.2) is 66.7 Å². The van der Waals surface area contributed by atoms with E-state index in [1.54, 1.807) is 14.2 Å². The molecule has 3 rings (SSSR count). The van der Waals surface area contributed by atoms with Crippen molar-refractivity contribution in [2.75, 3.05) is 14.2 Å². The van der Waals surface area contributed by atoms with E-state index in [0.29, 0.717) is 0 Å². The summed E-state index contributed by atoms with van der Waals surface area (Å²) in [6.07, 6.45) is 0. The highest BCUT2D eigenvalue weighted by atomic mass is 35.5. The molecule has 0 amide bonds. The fourth-order valence-corrected chi connectivity index (χ4v) is 3.20. The number of methoxy groups -OCH3 is 2. The molecule has 0 bridgehead atoms. The second-order valence-electron chi connectivity index (χ2n) is 6.42. The monoisotopic (exact) mass is 381 g/mol. The minimum atomic E-state index is 0.209. The second-order valence-corrected chi connectivity index (χ2v) is 6.83. The third kappa shape index (κ3) is 4.82. The Morgan fingerprint density at radius 2 is 1.63 bits per heavy atom. The number of hydrogen-bond donors (Lipinski definition) is 1. The maximum absolute atomic E-state index is 6.43. The molecule has 3 aromatic rings. The van der Waals surface area contributed by atoms with E-state index >= 15 is 0 Å². The van der Waals surface area contributed by atoms with Crippen LogP contribution < -0.4 is 14.8 Å². The highest BCUT2D eigenvalue weighted by molar-refractivity contribution is 6.33. The van der Waals surface area contributed by atoms with Crippen LogP contribution in [0.1, 0.15) is 24.1 Å². The van der Waals surface area contributed by atoms with Crippen molar-refractivity contribution in [1.82, 2.24) is 5.32 Å². The molecule has 3 aromatic carbocycles. The number of halogens is 1. The van der Waals surface area contributed by atoms with Crippen LogP contribution >= 0.6 is 11.6 Å². The van der Waals surface area contributed by atoms with Crippen molar-refractivity contribution < 1.29 is 9.47 Å². The zero-order chi connectivity index (χ0) is 19.2. The van der Waals surface area contributed by atoms with E-state index < -0.39 is 0 Å². The smallest absolute Gasteiger partial charge is 0.119 e.